The monoisotopic (exact) mass is 587 g/mol. The second-order valence-corrected chi connectivity index (χ2v) is 11.8. The Balaban J connectivity index is 1.12. The van der Waals surface area contributed by atoms with Crippen molar-refractivity contribution in [3.05, 3.63) is 176 Å². The Kier molecular flexibility index (Phi) is 6.17. The second-order valence-electron chi connectivity index (χ2n) is 11.8. The Morgan fingerprint density at radius 1 is 0.348 bits per heavy atom. The first-order chi connectivity index (χ1) is 22.8. The molecule has 0 aliphatic rings. The van der Waals surface area contributed by atoms with Crippen LogP contribution in [0.1, 0.15) is 0 Å². The van der Waals surface area contributed by atoms with Crippen LogP contribution < -0.4 is 0 Å². The lowest BCUT2D eigenvalue weighted by molar-refractivity contribution is 0.669. The van der Waals surface area contributed by atoms with E-state index in [1.807, 2.05) is 0 Å². The molecule has 216 valence electrons. The molecule has 0 atom stereocenters. The summed E-state index contributed by atoms with van der Waals surface area (Å²) in [6, 6.07) is 60.4. The van der Waals surface area contributed by atoms with Crippen LogP contribution in [0.25, 0.3) is 83.0 Å². The van der Waals surface area contributed by atoms with E-state index < -0.39 is 0 Å². The lowest BCUT2D eigenvalue weighted by Gasteiger charge is -2.09. The molecule has 0 aliphatic heterocycles. The van der Waals surface area contributed by atoms with Gasteiger partial charge in [-0.25, -0.2) is 0 Å². The topological polar surface area (TPSA) is 18.1 Å². The van der Waals surface area contributed by atoms with Crippen LogP contribution in [0.4, 0.5) is 0 Å². The molecule has 2 heterocycles. The molecule has 0 amide bonds. The van der Waals surface area contributed by atoms with Crippen molar-refractivity contribution in [2.75, 3.05) is 0 Å². The van der Waals surface area contributed by atoms with E-state index in [0.717, 1.165) is 27.6 Å². The highest BCUT2D eigenvalue weighted by Gasteiger charge is 2.14. The molecule has 7 aromatic carbocycles. The van der Waals surface area contributed by atoms with E-state index >= 15 is 0 Å². The third-order valence-electron chi connectivity index (χ3n) is 9.05. The van der Waals surface area contributed by atoms with E-state index in [4.69, 9.17) is 4.42 Å². The van der Waals surface area contributed by atoms with Crippen molar-refractivity contribution in [2.24, 2.45) is 0 Å². The summed E-state index contributed by atoms with van der Waals surface area (Å²) in [6.07, 6.45) is 2.28. The van der Waals surface area contributed by atoms with Gasteiger partial charge in [0.2, 0.25) is 0 Å². The summed E-state index contributed by atoms with van der Waals surface area (Å²) < 4.78 is 8.54. The van der Waals surface area contributed by atoms with E-state index in [9.17, 15) is 0 Å². The smallest absolute Gasteiger partial charge is 0.135 e. The summed E-state index contributed by atoms with van der Waals surface area (Å²) in [5.74, 6) is 0. The molecule has 0 aliphatic carbocycles. The maximum Gasteiger partial charge on any atom is 0.135 e. The molecular formula is C44H29NO. The van der Waals surface area contributed by atoms with E-state index in [1.165, 1.54) is 55.4 Å². The zero-order chi connectivity index (χ0) is 30.5. The summed E-state index contributed by atoms with van der Waals surface area (Å²) in [4.78, 5) is 0. The van der Waals surface area contributed by atoms with Crippen LogP contribution in [0.15, 0.2) is 180 Å². The van der Waals surface area contributed by atoms with Crippen LogP contribution in [0, 0.1) is 0 Å². The highest BCUT2D eigenvalue weighted by atomic mass is 16.3. The first kappa shape index (κ1) is 26.3. The minimum atomic E-state index is 0.905. The molecule has 2 aromatic heterocycles. The van der Waals surface area contributed by atoms with Gasteiger partial charge in [-0.15, -0.1) is 0 Å². The predicted octanol–water partition coefficient (Wildman–Crippen LogP) is 12.2. The molecule has 0 N–H and O–H groups in total. The lowest BCUT2D eigenvalue weighted by Crippen LogP contribution is -1.92. The molecule has 0 saturated carbocycles. The lowest BCUT2D eigenvalue weighted by atomic mass is 10.00. The SMILES string of the molecule is c1ccc(-c2ccc3c(c2)c(-c2ccccc2)cn3-c2ccc(-c3ccc4oc5ccc(-c6ccccc6)cc5c4c3)cc2)cc1. The molecule has 0 bridgehead atoms. The summed E-state index contributed by atoms with van der Waals surface area (Å²) >= 11 is 0. The number of furan rings is 1. The normalized spacial score (nSPS) is 11.5. The van der Waals surface area contributed by atoms with Gasteiger partial charge in [0.15, 0.2) is 0 Å². The Bertz CT molecular complexity index is 2490. The first-order valence-corrected chi connectivity index (χ1v) is 15.7. The van der Waals surface area contributed by atoms with Crippen molar-refractivity contribution in [3.8, 4) is 50.2 Å². The Hall–Kier alpha value is -6.12. The predicted molar refractivity (Wildman–Crippen MR) is 192 cm³/mol. The fraction of sp³-hybridized carbons (Fsp3) is 0. The molecule has 0 spiro atoms. The molecule has 46 heavy (non-hydrogen) atoms. The third-order valence-corrected chi connectivity index (χ3v) is 9.05. The fourth-order valence-corrected chi connectivity index (χ4v) is 6.68. The van der Waals surface area contributed by atoms with Crippen molar-refractivity contribution in [1.82, 2.24) is 4.57 Å². The number of nitrogens with zero attached hydrogens (tertiary/aromatic N) is 1. The third kappa shape index (κ3) is 4.51. The number of hydrogen-bond acceptors (Lipinski definition) is 1. The van der Waals surface area contributed by atoms with Gasteiger partial charge in [0.05, 0.1) is 5.52 Å². The van der Waals surface area contributed by atoms with Crippen molar-refractivity contribution in [3.63, 3.8) is 0 Å². The standard InChI is InChI=1S/C44H29NO/c1-4-10-30(11-5-1)34-18-23-42-38(26-34)41(33-14-8-3-9-15-33)29-45(42)37-21-16-32(17-22-37)36-20-25-44-40(28-36)39-27-35(19-24-43(39)46-44)31-12-6-2-7-13-31/h1-29H. The zero-order valence-corrected chi connectivity index (χ0v) is 25.1. The van der Waals surface area contributed by atoms with Crippen molar-refractivity contribution in [2.45, 2.75) is 0 Å². The number of benzene rings is 7. The number of hydrogen-bond donors (Lipinski definition) is 0. The summed E-state index contributed by atoms with van der Waals surface area (Å²) in [5.41, 5.74) is 13.7. The molecule has 0 saturated heterocycles. The van der Waals surface area contributed by atoms with Crippen LogP contribution in [0.2, 0.25) is 0 Å². The zero-order valence-electron chi connectivity index (χ0n) is 25.1. The highest BCUT2D eigenvalue weighted by molar-refractivity contribution is 6.07. The van der Waals surface area contributed by atoms with Crippen LogP contribution in [-0.4, -0.2) is 4.57 Å². The van der Waals surface area contributed by atoms with Crippen molar-refractivity contribution in [1.29, 1.82) is 0 Å². The van der Waals surface area contributed by atoms with Crippen LogP contribution >= 0.6 is 0 Å². The van der Waals surface area contributed by atoms with E-state index in [0.29, 0.717) is 0 Å². The maximum absolute atomic E-state index is 6.22. The summed E-state index contributed by atoms with van der Waals surface area (Å²) in [5, 5.41) is 3.51. The van der Waals surface area contributed by atoms with Crippen molar-refractivity contribution < 1.29 is 4.42 Å². The van der Waals surface area contributed by atoms with Gasteiger partial charge in [0.25, 0.3) is 0 Å². The van der Waals surface area contributed by atoms with Gasteiger partial charge in [0, 0.05) is 33.6 Å². The van der Waals surface area contributed by atoms with Gasteiger partial charge in [-0.05, 0) is 87.5 Å². The molecule has 0 fully saturated rings. The molecule has 9 aromatic rings. The quantitative estimate of drug-likeness (QED) is 0.196. The van der Waals surface area contributed by atoms with Gasteiger partial charge in [-0.2, -0.15) is 0 Å². The largest absolute Gasteiger partial charge is 0.456 e. The van der Waals surface area contributed by atoms with Gasteiger partial charge in [0.1, 0.15) is 11.2 Å². The van der Waals surface area contributed by atoms with E-state index in [2.05, 4.69) is 181 Å². The molecule has 2 heteroatoms. The second kappa shape index (κ2) is 10.8. The minimum Gasteiger partial charge on any atom is -0.456 e. The Morgan fingerprint density at radius 2 is 0.783 bits per heavy atom. The van der Waals surface area contributed by atoms with Gasteiger partial charge < -0.3 is 8.98 Å². The fourth-order valence-electron chi connectivity index (χ4n) is 6.68. The van der Waals surface area contributed by atoms with Gasteiger partial charge >= 0.3 is 0 Å². The van der Waals surface area contributed by atoms with Gasteiger partial charge in [-0.1, -0.05) is 121 Å². The number of aromatic nitrogens is 1. The van der Waals surface area contributed by atoms with Crippen LogP contribution in [0.5, 0.6) is 0 Å². The van der Waals surface area contributed by atoms with Crippen LogP contribution in [-0.2, 0) is 0 Å². The highest BCUT2D eigenvalue weighted by Crippen LogP contribution is 2.37. The summed E-state index contributed by atoms with van der Waals surface area (Å²) in [6.45, 7) is 0. The Labute approximate surface area is 267 Å². The molecule has 2 nitrogen and oxygen atoms in total. The van der Waals surface area contributed by atoms with Crippen molar-refractivity contribution >= 4 is 32.8 Å². The Morgan fingerprint density at radius 3 is 1.33 bits per heavy atom. The first-order valence-electron chi connectivity index (χ1n) is 15.7. The minimum absolute atomic E-state index is 0.905. The van der Waals surface area contributed by atoms with Gasteiger partial charge in [-0.3, -0.25) is 0 Å². The number of rotatable bonds is 5. The maximum atomic E-state index is 6.22. The average molecular weight is 588 g/mol. The van der Waals surface area contributed by atoms with E-state index in [-0.39, 0.29) is 0 Å². The summed E-state index contributed by atoms with van der Waals surface area (Å²) in [7, 11) is 0. The molecular weight excluding hydrogens is 558 g/mol. The number of fused-ring (bicyclic) bond motifs is 4. The molecule has 0 unspecified atom stereocenters. The molecule has 0 radical (unpaired) electrons. The van der Waals surface area contributed by atoms with E-state index in [1.54, 1.807) is 0 Å². The average Bonchev–Trinajstić information content (AvgIpc) is 3.70. The molecule has 9 rings (SSSR count). The van der Waals surface area contributed by atoms with Crippen LogP contribution in [0.3, 0.4) is 0 Å².